The molecule has 0 fully saturated rings. The smallest absolute Gasteiger partial charge is 0.0976 e. The first kappa shape index (κ1) is 8.40. The van der Waals surface area contributed by atoms with Crippen LogP contribution in [0.15, 0.2) is 0 Å². The highest BCUT2D eigenvalue weighted by molar-refractivity contribution is 9.09. The molecule has 1 unspecified atom stereocenters. The maximum Gasteiger partial charge on any atom is 0.0976 e. The first-order chi connectivity index (χ1) is 3.68. The Hall–Kier alpha value is 0.400. The minimum absolute atomic E-state index is 0.0503. The van der Waals surface area contributed by atoms with Gasteiger partial charge in [-0.15, -0.1) is 0 Å². The zero-order valence-corrected chi connectivity index (χ0v) is 6.73. The van der Waals surface area contributed by atoms with E-state index in [-0.39, 0.29) is 6.61 Å². The largest absolute Gasteiger partial charge is 0.393 e. The summed E-state index contributed by atoms with van der Waals surface area (Å²) in [5.74, 6) is 0. The van der Waals surface area contributed by atoms with E-state index in [1.807, 2.05) is 6.92 Å². The molecule has 0 radical (unpaired) electrons. The topological polar surface area (TPSA) is 29.5 Å². The molecule has 1 atom stereocenters. The average molecular weight is 183 g/mol. The van der Waals surface area contributed by atoms with Crippen molar-refractivity contribution >= 4 is 15.9 Å². The van der Waals surface area contributed by atoms with E-state index in [0.717, 1.165) is 0 Å². The normalized spacial score (nSPS) is 18.0. The molecule has 0 aliphatic heterocycles. The van der Waals surface area contributed by atoms with Crippen LogP contribution in [0.2, 0.25) is 0 Å². The maximum atomic E-state index is 8.63. The second-order valence-corrected chi connectivity index (χ2v) is 2.51. The van der Waals surface area contributed by atoms with Crippen LogP contribution in [0.4, 0.5) is 0 Å². The molecule has 0 aliphatic carbocycles. The summed E-state index contributed by atoms with van der Waals surface area (Å²) in [6.07, 6.45) is 0. The van der Waals surface area contributed by atoms with Gasteiger partial charge in [0.05, 0.1) is 12.2 Å². The summed E-state index contributed by atoms with van der Waals surface area (Å²) in [6, 6.07) is 0. The van der Waals surface area contributed by atoms with Crippen molar-refractivity contribution in [3.05, 3.63) is 0 Å². The average Bonchev–Trinajstić information content (AvgIpc) is 1.87. The van der Waals surface area contributed by atoms with Gasteiger partial charge in [-0.1, -0.05) is 15.9 Å². The summed E-state index contributed by atoms with van der Waals surface area (Å²) in [7, 11) is 1.58. The Morgan fingerprint density at radius 1 is 1.75 bits per heavy atom. The van der Waals surface area contributed by atoms with Crippen molar-refractivity contribution in [1.82, 2.24) is 0 Å². The molecule has 0 saturated heterocycles. The van der Waals surface area contributed by atoms with Crippen molar-refractivity contribution in [1.29, 1.82) is 0 Å². The van der Waals surface area contributed by atoms with E-state index in [0.29, 0.717) is 5.33 Å². The van der Waals surface area contributed by atoms with Gasteiger partial charge < -0.3 is 9.84 Å². The minimum Gasteiger partial charge on any atom is -0.393 e. The quantitative estimate of drug-likeness (QED) is 0.655. The maximum absolute atomic E-state index is 8.63. The zero-order valence-electron chi connectivity index (χ0n) is 5.15. The Labute approximate surface area is 58.0 Å². The third kappa shape index (κ3) is 2.11. The highest BCUT2D eigenvalue weighted by Gasteiger charge is 2.19. The summed E-state index contributed by atoms with van der Waals surface area (Å²) >= 11 is 3.21. The number of aliphatic hydroxyl groups excluding tert-OH is 1. The van der Waals surface area contributed by atoms with Crippen LogP contribution in [0.1, 0.15) is 6.92 Å². The summed E-state index contributed by atoms with van der Waals surface area (Å²) in [5, 5.41) is 9.29. The number of ether oxygens (including phenoxy) is 1. The van der Waals surface area contributed by atoms with Crippen LogP contribution in [0, 0.1) is 0 Å². The Morgan fingerprint density at radius 2 is 2.25 bits per heavy atom. The van der Waals surface area contributed by atoms with Gasteiger partial charge in [0, 0.05) is 12.4 Å². The van der Waals surface area contributed by atoms with Crippen LogP contribution in [-0.2, 0) is 4.74 Å². The lowest BCUT2D eigenvalue weighted by molar-refractivity contribution is -0.0178. The highest BCUT2D eigenvalue weighted by Crippen LogP contribution is 2.10. The first-order valence-corrected chi connectivity index (χ1v) is 3.52. The van der Waals surface area contributed by atoms with E-state index in [9.17, 15) is 0 Å². The monoisotopic (exact) mass is 182 g/mol. The van der Waals surface area contributed by atoms with Gasteiger partial charge in [0.15, 0.2) is 0 Å². The van der Waals surface area contributed by atoms with Crippen LogP contribution in [0.25, 0.3) is 0 Å². The van der Waals surface area contributed by atoms with Gasteiger partial charge in [-0.2, -0.15) is 0 Å². The number of aliphatic hydroxyl groups is 1. The molecular weight excluding hydrogens is 172 g/mol. The molecule has 50 valence electrons. The summed E-state index contributed by atoms with van der Waals surface area (Å²) in [6.45, 7) is 1.89. The molecule has 3 heteroatoms. The summed E-state index contributed by atoms with van der Waals surface area (Å²) in [4.78, 5) is 0. The van der Waals surface area contributed by atoms with E-state index in [4.69, 9.17) is 9.84 Å². The van der Waals surface area contributed by atoms with E-state index < -0.39 is 5.60 Å². The standard InChI is InChI=1S/C5H11BrO2/c1-5(3-6,4-7)8-2/h7H,3-4H2,1-2H3. The Kier molecular flexibility index (Phi) is 3.60. The van der Waals surface area contributed by atoms with Crippen LogP contribution in [0.3, 0.4) is 0 Å². The van der Waals surface area contributed by atoms with E-state index >= 15 is 0 Å². The molecule has 8 heavy (non-hydrogen) atoms. The molecule has 0 aromatic carbocycles. The molecule has 0 aromatic heterocycles. The fourth-order valence-corrected chi connectivity index (χ4v) is 0.568. The SMILES string of the molecule is COC(C)(CO)CBr. The van der Waals surface area contributed by atoms with Gasteiger partial charge in [0.25, 0.3) is 0 Å². The predicted octanol–water partition coefficient (Wildman–Crippen LogP) is 0.779. The van der Waals surface area contributed by atoms with E-state index in [1.54, 1.807) is 7.11 Å². The van der Waals surface area contributed by atoms with Crippen molar-refractivity contribution in [2.75, 3.05) is 19.0 Å². The Bertz CT molecular complexity index is 53.2. The van der Waals surface area contributed by atoms with Gasteiger partial charge in [-0.25, -0.2) is 0 Å². The van der Waals surface area contributed by atoms with Crippen LogP contribution in [0.5, 0.6) is 0 Å². The van der Waals surface area contributed by atoms with Crippen molar-refractivity contribution in [2.45, 2.75) is 12.5 Å². The summed E-state index contributed by atoms with van der Waals surface area (Å²) in [5.41, 5.74) is -0.403. The predicted molar refractivity (Wildman–Crippen MR) is 36.3 cm³/mol. The Balaban J connectivity index is 3.58. The molecule has 2 nitrogen and oxygen atoms in total. The van der Waals surface area contributed by atoms with Crippen molar-refractivity contribution in [2.24, 2.45) is 0 Å². The van der Waals surface area contributed by atoms with Crippen molar-refractivity contribution in [3.63, 3.8) is 0 Å². The number of methoxy groups -OCH3 is 1. The molecule has 0 rings (SSSR count). The lowest BCUT2D eigenvalue weighted by Gasteiger charge is -2.21. The number of halogens is 1. The second kappa shape index (κ2) is 3.43. The second-order valence-electron chi connectivity index (χ2n) is 1.95. The summed E-state index contributed by atoms with van der Waals surface area (Å²) < 4.78 is 4.94. The highest BCUT2D eigenvalue weighted by atomic mass is 79.9. The fraction of sp³-hybridized carbons (Fsp3) is 1.00. The van der Waals surface area contributed by atoms with Gasteiger partial charge in [0.2, 0.25) is 0 Å². The minimum atomic E-state index is -0.403. The van der Waals surface area contributed by atoms with Crippen LogP contribution < -0.4 is 0 Å². The van der Waals surface area contributed by atoms with Crippen LogP contribution in [-0.4, -0.2) is 29.8 Å². The lowest BCUT2D eigenvalue weighted by atomic mass is 10.2. The van der Waals surface area contributed by atoms with Crippen molar-refractivity contribution in [3.8, 4) is 0 Å². The molecule has 0 saturated carbocycles. The molecule has 0 aliphatic rings. The fourth-order valence-electron chi connectivity index (χ4n) is 0.161. The molecule has 0 spiro atoms. The van der Waals surface area contributed by atoms with Crippen molar-refractivity contribution < 1.29 is 9.84 Å². The van der Waals surface area contributed by atoms with E-state index in [2.05, 4.69) is 15.9 Å². The number of rotatable bonds is 3. The lowest BCUT2D eigenvalue weighted by Crippen LogP contribution is -2.33. The van der Waals surface area contributed by atoms with Crippen LogP contribution >= 0.6 is 15.9 Å². The molecule has 0 bridgehead atoms. The molecule has 0 heterocycles. The number of hydrogen-bond donors (Lipinski definition) is 1. The Morgan fingerprint density at radius 3 is 2.25 bits per heavy atom. The molecule has 1 N–H and O–H groups in total. The number of hydrogen-bond acceptors (Lipinski definition) is 2. The number of alkyl halides is 1. The molecule has 0 amide bonds. The van der Waals surface area contributed by atoms with Gasteiger partial charge in [0.1, 0.15) is 0 Å². The first-order valence-electron chi connectivity index (χ1n) is 2.40. The third-order valence-electron chi connectivity index (χ3n) is 1.11. The van der Waals surface area contributed by atoms with Gasteiger partial charge in [-0.05, 0) is 6.92 Å². The van der Waals surface area contributed by atoms with E-state index in [1.165, 1.54) is 0 Å². The van der Waals surface area contributed by atoms with Gasteiger partial charge >= 0.3 is 0 Å². The third-order valence-corrected chi connectivity index (χ3v) is 2.30. The van der Waals surface area contributed by atoms with Gasteiger partial charge in [-0.3, -0.25) is 0 Å². The zero-order chi connectivity index (χ0) is 6.62. The molecular formula is C5H11BrO2. The molecule has 0 aromatic rings.